The van der Waals surface area contributed by atoms with Gasteiger partial charge in [0.25, 0.3) is 0 Å². The van der Waals surface area contributed by atoms with E-state index in [0.29, 0.717) is 11.1 Å². The summed E-state index contributed by atoms with van der Waals surface area (Å²) in [4.78, 5) is 24.2. The Morgan fingerprint density at radius 3 is 2.39 bits per heavy atom. The summed E-state index contributed by atoms with van der Waals surface area (Å²) in [6, 6.07) is 4.70. The number of rotatable bonds is 3. The lowest BCUT2D eigenvalue weighted by Crippen LogP contribution is -2.31. The summed E-state index contributed by atoms with van der Waals surface area (Å²) in [5, 5.41) is 19.1. The fourth-order valence-electron chi connectivity index (χ4n) is 2.49. The predicted octanol–water partition coefficient (Wildman–Crippen LogP) is 1.31. The van der Waals surface area contributed by atoms with Crippen molar-refractivity contribution in [1.82, 2.24) is 0 Å². The van der Waals surface area contributed by atoms with Crippen LogP contribution in [0.25, 0.3) is 6.08 Å². The molecule has 7 heteroatoms. The first-order valence-corrected chi connectivity index (χ1v) is 7.17. The number of hydrogen-bond donors (Lipinski definition) is 2. The topological polar surface area (TPSA) is 93.1 Å². The molecule has 0 saturated carbocycles. The van der Waals surface area contributed by atoms with Crippen LogP contribution in [0.15, 0.2) is 23.7 Å². The van der Waals surface area contributed by atoms with E-state index in [1.807, 2.05) is 0 Å². The molecule has 0 amide bonds. The summed E-state index contributed by atoms with van der Waals surface area (Å²) in [5.74, 6) is -2.10. The average molecular weight is 318 g/mol. The van der Waals surface area contributed by atoms with Crippen LogP contribution in [0.2, 0.25) is 0 Å². The lowest BCUT2D eigenvalue weighted by molar-refractivity contribution is -0.155. The Morgan fingerprint density at radius 1 is 1.22 bits per heavy atom. The molecule has 0 fully saturated rings. The van der Waals surface area contributed by atoms with Gasteiger partial charge in [0.1, 0.15) is 11.5 Å². The number of hydrogen-bond acceptors (Lipinski definition) is 6. The molecule has 1 aliphatic carbocycles. The second kappa shape index (κ2) is 6.18. The highest BCUT2D eigenvalue weighted by molar-refractivity contribution is 6.53. The Kier molecular flexibility index (Phi) is 4.63. The molecule has 0 aliphatic heterocycles. The van der Waals surface area contributed by atoms with Crippen LogP contribution in [0.4, 0.5) is 0 Å². The van der Waals surface area contributed by atoms with Crippen molar-refractivity contribution in [1.29, 1.82) is 0 Å². The number of ether oxygens (including phenoxy) is 2. The molecule has 2 rings (SSSR count). The van der Waals surface area contributed by atoms with E-state index < -0.39 is 30.6 Å². The third-order valence-electron chi connectivity index (χ3n) is 3.42. The second-order valence-electron chi connectivity index (χ2n) is 6.32. The second-order valence-corrected chi connectivity index (χ2v) is 6.32. The standard InChI is InChI=1S/C16H19BO6/c1-16(2,3)23-15(19)13-11-7-10(14(18)22-4)6-5-9(11)8-12(13)17(20)21/h5-8,13,20-21H,1-4H3. The number of methoxy groups -OCH3 is 1. The van der Waals surface area contributed by atoms with E-state index in [1.165, 1.54) is 19.3 Å². The largest absolute Gasteiger partial charge is 0.485 e. The van der Waals surface area contributed by atoms with Crippen molar-refractivity contribution in [2.24, 2.45) is 0 Å². The monoisotopic (exact) mass is 318 g/mol. The molecular weight excluding hydrogens is 299 g/mol. The molecule has 0 saturated heterocycles. The van der Waals surface area contributed by atoms with Crippen LogP contribution >= 0.6 is 0 Å². The van der Waals surface area contributed by atoms with E-state index in [1.54, 1.807) is 32.9 Å². The van der Waals surface area contributed by atoms with Gasteiger partial charge >= 0.3 is 19.1 Å². The van der Waals surface area contributed by atoms with Crippen LogP contribution in [0.5, 0.6) is 0 Å². The van der Waals surface area contributed by atoms with Gasteiger partial charge in [0.05, 0.1) is 12.7 Å². The van der Waals surface area contributed by atoms with Gasteiger partial charge in [-0.1, -0.05) is 12.1 Å². The van der Waals surface area contributed by atoms with Crippen LogP contribution in [-0.2, 0) is 14.3 Å². The third-order valence-corrected chi connectivity index (χ3v) is 3.42. The number of esters is 2. The van der Waals surface area contributed by atoms with Gasteiger partial charge in [0.2, 0.25) is 0 Å². The Morgan fingerprint density at radius 2 is 1.87 bits per heavy atom. The van der Waals surface area contributed by atoms with Crippen LogP contribution in [0.3, 0.4) is 0 Å². The van der Waals surface area contributed by atoms with Crippen molar-refractivity contribution in [2.45, 2.75) is 32.3 Å². The van der Waals surface area contributed by atoms with Crippen LogP contribution in [-0.4, -0.2) is 41.8 Å². The molecule has 2 N–H and O–H groups in total. The zero-order valence-corrected chi connectivity index (χ0v) is 13.5. The first kappa shape index (κ1) is 17.2. The SMILES string of the molecule is COC(=O)c1ccc2c(c1)C(C(=O)OC(C)(C)C)C(B(O)O)=C2. The fraction of sp³-hybridized carbons (Fsp3) is 0.375. The normalized spacial score (nSPS) is 16.4. The smallest absolute Gasteiger partial charge is 0.465 e. The Labute approximate surface area is 134 Å². The number of carbonyl (C=O) groups excluding carboxylic acids is 2. The van der Waals surface area contributed by atoms with Crippen LogP contribution < -0.4 is 0 Å². The van der Waals surface area contributed by atoms with E-state index >= 15 is 0 Å². The summed E-state index contributed by atoms with van der Waals surface area (Å²) in [6.07, 6.45) is 1.52. The summed E-state index contributed by atoms with van der Waals surface area (Å²) in [6.45, 7) is 5.18. The minimum absolute atomic E-state index is 0.122. The van der Waals surface area contributed by atoms with Gasteiger partial charge in [-0.15, -0.1) is 0 Å². The van der Waals surface area contributed by atoms with Gasteiger partial charge in [-0.2, -0.15) is 0 Å². The van der Waals surface area contributed by atoms with Crippen molar-refractivity contribution < 1.29 is 29.1 Å². The molecule has 0 radical (unpaired) electrons. The molecule has 0 bridgehead atoms. The maximum atomic E-state index is 12.5. The maximum absolute atomic E-state index is 12.5. The Hall–Kier alpha value is -2.12. The molecular formula is C16H19BO6. The molecule has 0 spiro atoms. The Balaban J connectivity index is 2.46. The van der Waals surface area contributed by atoms with E-state index in [4.69, 9.17) is 4.74 Å². The molecule has 23 heavy (non-hydrogen) atoms. The minimum atomic E-state index is -1.79. The first-order valence-electron chi connectivity index (χ1n) is 7.17. The van der Waals surface area contributed by atoms with Crippen LogP contribution in [0, 0.1) is 0 Å². The van der Waals surface area contributed by atoms with E-state index in [-0.39, 0.29) is 11.0 Å². The molecule has 122 valence electrons. The quantitative estimate of drug-likeness (QED) is 0.645. The summed E-state index contributed by atoms with van der Waals surface area (Å²) in [7, 11) is -0.524. The minimum Gasteiger partial charge on any atom is -0.465 e. The van der Waals surface area contributed by atoms with Gasteiger partial charge in [0, 0.05) is 0 Å². The molecule has 1 aromatic carbocycles. The van der Waals surface area contributed by atoms with Crippen LogP contribution in [0.1, 0.15) is 48.2 Å². The Bertz CT molecular complexity index is 672. The summed E-state index contributed by atoms with van der Waals surface area (Å²) < 4.78 is 10.0. The highest BCUT2D eigenvalue weighted by Crippen LogP contribution is 2.39. The van der Waals surface area contributed by atoms with E-state index in [9.17, 15) is 19.6 Å². The maximum Gasteiger partial charge on any atom is 0.485 e. The molecule has 0 heterocycles. The van der Waals surface area contributed by atoms with Crippen molar-refractivity contribution in [3.05, 3.63) is 40.4 Å². The van der Waals surface area contributed by atoms with Gasteiger partial charge < -0.3 is 19.5 Å². The molecule has 1 aromatic rings. The number of carbonyl (C=O) groups is 2. The number of fused-ring (bicyclic) bond motifs is 1. The van der Waals surface area contributed by atoms with Gasteiger partial charge in [-0.25, -0.2) is 4.79 Å². The molecule has 1 unspecified atom stereocenters. The zero-order valence-electron chi connectivity index (χ0n) is 13.5. The summed E-state index contributed by atoms with van der Waals surface area (Å²) >= 11 is 0. The molecule has 1 aliphatic rings. The van der Waals surface area contributed by atoms with Crippen molar-refractivity contribution in [3.8, 4) is 0 Å². The van der Waals surface area contributed by atoms with Gasteiger partial charge in [0.15, 0.2) is 0 Å². The molecule has 1 atom stereocenters. The predicted molar refractivity (Wildman–Crippen MR) is 84.5 cm³/mol. The average Bonchev–Trinajstić information content (AvgIpc) is 2.83. The molecule has 0 aromatic heterocycles. The van der Waals surface area contributed by atoms with Crippen molar-refractivity contribution in [2.75, 3.05) is 7.11 Å². The lowest BCUT2D eigenvalue weighted by Gasteiger charge is -2.24. The highest BCUT2D eigenvalue weighted by Gasteiger charge is 2.39. The van der Waals surface area contributed by atoms with Gasteiger partial charge in [-0.3, -0.25) is 4.79 Å². The highest BCUT2D eigenvalue weighted by atomic mass is 16.6. The van der Waals surface area contributed by atoms with Gasteiger partial charge in [-0.05, 0) is 49.5 Å². The summed E-state index contributed by atoms with van der Waals surface area (Å²) in [5.41, 5.74) is 0.811. The van der Waals surface area contributed by atoms with Crippen molar-refractivity contribution >= 4 is 25.1 Å². The number of benzene rings is 1. The third kappa shape index (κ3) is 3.63. The van der Waals surface area contributed by atoms with E-state index in [2.05, 4.69) is 4.74 Å². The van der Waals surface area contributed by atoms with E-state index in [0.717, 1.165) is 0 Å². The zero-order chi connectivity index (χ0) is 17.4. The lowest BCUT2D eigenvalue weighted by atomic mass is 9.72. The fourth-order valence-corrected chi connectivity index (χ4v) is 2.49. The van der Waals surface area contributed by atoms with Crippen molar-refractivity contribution in [3.63, 3.8) is 0 Å². The first-order chi connectivity index (χ1) is 10.6. The molecule has 6 nitrogen and oxygen atoms in total.